The van der Waals surface area contributed by atoms with Gasteiger partial charge in [-0.25, -0.2) is 0 Å². The molecule has 8 nitrogen and oxygen atoms in total. The van der Waals surface area contributed by atoms with E-state index in [0.717, 1.165) is 38.5 Å². The van der Waals surface area contributed by atoms with Crippen LogP contribution in [0.4, 0.5) is 0 Å². The van der Waals surface area contributed by atoms with Crippen molar-refractivity contribution in [2.45, 2.75) is 226 Å². The van der Waals surface area contributed by atoms with Crippen LogP contribution in [0.15, 0.2) is 12.2 Å². The Morgan fingerprint density at radius 3 is 1.16 bits per heavy atom. The fourth-order valence-electron chi connectivity index (χ4n) is 5.30. The molecule has 0 aromatic rings. The smallest absolute Gasteiger partial charge is 0.305 e. The number of carboxylic acids is 1. The monoisotopic (exact) mass is 717 g/mol. The molecule has 8 heteroatoms. The molecule has 0 radical (unpaired) electrons. The Balaban J connectivity index is -0.000000791. The molecule has 0 saturated heterocycles. The van der Waals surface area contributed by atoms with Crippen LogP contribution in [0.5, 0.6) is 0 Å². The molecular formula is C42H84O8. The van der Waals surface area contributed by atoms with Gasteiger partial charge < -0.3 is 30.3 Å². The highest BCUT2D eigenvalue weighted by Crippen LogP contribution is 2.14. The third-order valence-electron chi connectivity index (χ3n) is 8.55. The number of carboxylic acid groups (broad SMARTS) is 1. The maximum Gasteiger partial charge on any atom is 0.305 e. The zero-order valence-electron chi connectivity index (χ0n) is 33.1. The highest BCUT2D eigenvalue weighted by molar-refractivity contribution is 5.69. The first kappa shape index (κ1) is 52.9. The van der Waals surface area contributed by atoms with Gasteiger partial charge in [-0.2, -0.15) is 0 Å². The quantitative estimate of drug-likeness (QED) is 0.0248. The van der Waals surface area contributed by atoms with Gasteiger partial charge in [-0.05, 0) is 45.4 Å². The summed E-state index contributed by atoms with van der Waals surface area (Å²) in [7, 11) is 0. The molecule has 300 valence electrons. The van der Waals surface area contributed by atoms with Crippen LogP contribution in [-0.4, -0.2) is 69.5 Å². The van der Waals surface area contributed by atoms with Crippen LogP contribution in [0.1, 0.15) is 213 Å². The number of allylic oxidation sites excluding steroid dienone is 2. The zero-order valence-corrected chi connectivity index (χ0v) is 33.1. The Hall–Kier alpha value is -1.48. The van der Waals surface area contributed by atoms with Gasteiger partial charge in [-0.1, -0.05) is 167 Å². The number of aliphatic hydroxyl groups is 4. The topological polar surface area (TPSA) is 145 Å². The molecule has 0 fully saturated rings. The molecule has 0 aliphatic heterocycles. The maximum atomic E-state index is 11.4. The minimum absolute atomic E-state index is 0.111. The van der Waals surface area contributed by atoms with Crippen LogP contribution in [-0.2, 0) is 14.3 Å². The summed E-state index contributed by atoms with van der Waals surface area (Å²) in [4.78, 5) is 21.7. The second-order valence-corrected chi connectivity index (χ2v) is 14.0. The lowest BCUT2D eigenvalue weighted by Gasteiger charge is -2.08. The van der Waals surface area contributed by atoms with E-state index in [1.165, 1.54) is 148 Å². The Bertz CT molecular complexity index is 683. The molecular weight excluding hydrogens is 632 g/mol. The molecule has 0 aliphatic carbocycles. The first-order valence-electron chi connectivity index (χ1n) is 20.8. The average molecular weight is 717 g/mol. The van der Waals surface area contributed by atoms with Crippen LogP contribution in [0.25, 0.3) is 0 Å². The lowest BCUT2D eigenvalue weighted by molar-refractivity contribution is -0.147. The van der Waals surface area contributed by atoms with Crippen molar-refractivity contribution in [3.8, 4) is 0 Å². The predicted octanol–water partition coefficient (Wildman–Crippen LogP) is 10.6. The number of aliphatic hydroxyl groups excluding tert-OH is 4. The molecule has 0 saturated carbocycles. The number of rotatable bonds is 35. The SMILES string of the molecule is CC(O)CO.CCCCCCCCC=CCCCCCCCC(=O)OCC(O)CO.CCCCCCCCCCCCCCCCCC(=O)O. The molecule has 0 bridgehead atoms. The van der Waals surface area contributed by atoms with Gasteiger partial charge in [-0.15, -0.1) is 0 Å². The second kappa shape index (κ2) is 47.5. The van der Waals surface area contributed by atoms with E-state index in [1.54, 1.807) is 0 Å². The van der Waals surface area contributed by atoms with Crippen molar-refractivity contribution in [1.82, 2.24) is 0 Å². The van der Waals surface area contributed by atoms with Crippen LogP contribution in [0.3, 0.4) is 0 Å². The first-order valence-corrected chi connectivity index (χ1v) is 20.8. The first-order chi connectivity index (χ1) is 24.2. The van der Waals surface area contributed by atoms with Crippen molar-refractivity contribution in [3.63, 3.8) is 0 Å². The van der Waals surface area contributed by atoms with Gasteiger partial charge in [0.15, 0.2) is 0 Å². The zero-order chi connectivity index (χ0) is 37.8. The molecule has 2 atom stereocenters. The largest absolute Gasteiger partial charge is 0.481 e. The number of carbonyl (C=O) groups is 2. The highest BCUT2D eigenvalue weighted by Gasteiger charge is 2.07. The van der Waals surface area contributed by atoms with E-state index in [2.05, 4.69) is 26.0 Å². The normalized spacial score (nSPS) is 12.1. The molecule has 0 aromatic carbocycles. The third-order valence-corrected chi connectivity index (χ3v) is 8.55. The molecule has 0 spiro atoms. The van der Waals surface area contributed by atoms with E-state index in [4.69, 9.17) is 30.3 Å². The lowest BCUT2D eigenvalue weighted by atomic mass is 10.0. The van der Waals surface area contributed by atoms with E-state index in [0.29, 0.717) is 12.8 Å². The summed E-state index contributed by atoms with van der Waals surface area (Å²) < 4.78 is 4.86. The number of ether oxygens (including phenoxy) is 1. The van der Waals surface area contributed by atoms with E-state index in [9.17, 15) is 9.59 Å². The summed E-state index contributed by atoms with van der Waals surface area (Å²) in [6.07, 6.45) is 39.7. The van der Waals surface area contributed by atoms with Crippen molar-refractivity contribution >= 4 is 11.9 Å². The number of hydrogen-bond acceptors (Lipinski definition) is 7. The highest BCUT2D eigenvalue weighted by atomic mass is 16.5. The predicted molar refractivity (Wildman–Crippen MR) is 209 cm³/mol. The van der Waals surface area contributed by atoms with Gasteiger partial charge >= 0.3 is 11.9 Å². The van der Waals surface area contributed by atoms with E-state index >= 15 is 0 Å². The second-order valence-electron chi connectivity index (χ2n) is 14.0. The number of carbonyl (C=O) groups excluding carboxylic acids is 1. The number of unbranched alkanes of at least 4 members (excludes halogenated alkanes) is 25. The third kappa shape index (κ3) is 55.9. The molecule has 0 amide bonds. The van der Waals surface area contributed by atoms with Crippen LogP contribution >= 0.6 is 0 Å². The Morgan fingerprint density at radius 1 is 0.520 bits per heavy atom. The van der Waals surface area contributed by atoms with E-state index in [-0.39, 0.29) is 25.8 Å². The average Bonchev–Trinajstić information content (AvgIpc) is 3.10. The van der Waals surface area contributed by atoms with Crippen molar-refractivity contribution in [1.29, 1.82) is 0 Å². The van der Waals surface area contributed by atoms with E-state index < -0.39 is 18.2 Å². The molecule has 0 aliphatic rings. The molecule has 0 aromatic heterocycles. The minimum Gasteiger partial charge on any atom is -0.481 e. The maximum absolute atomic E-state index is 11.4. The summed E-state index contributed by atoms with van der Waals surface area (Å²) in [5, 5.41) is 42.2. The Labute approximate surface area is 308 Å². The minimum atomic E-state index is -0.960. The summed E-state index contributed by atoms with van der Waals surface area (Å²) >= 11 is 0. The van der Waals surface area contributed by atoms with Gasteiger partial charge in [0.2, 0.25) is 0 Å². The number of aliphatic carboxylic acids is 1. The van der Waals surface area contributed by atoms with Gasteiger partial charge in [0.1, 0.15) is 12.7 Å². The van der Waals surface area contributed by atoms with Crippen LogP contribution in [0.2, 0.25) is 0 Å². The lowest BCUT2D eigenvalue weighted by Crippen LogP contribution is -2.21. The van der Waals surface area contributed by atoms with Crippen LogP contribution in [0, 0.1) is 0 Å². The van der Waals surface area contributed by atoms with Crippen LogP contribution < -0.4 is 0 Å². The van der Waals surface area contributed by atoms with Gasteiger partial charge in [0.25, 0.3) is 0 Å². The Morgan fingerprint density at radius 2 is 0.840 bits per heavy atom. The van der Waals surface area contributed by atoms with Gasteiger partial charge in [0.05, 0.1) is 19.3 Å². The van der Waals surface area contributed by atoms with Gasteiger partial charge in [0, 0.05) is 12.8 Å². The Kier molecular flexibility index (Phi) is 50.3. The molecule has 5 N–H and O–H groups in total. The summed E-state index contributed by atoms with van der Waals surface area (Å²) in [5.74, 6) is -0.940. The standard InChI is InChI=1S/C21H40O4.C18H36O2.C3H8O2/c1-2-3-4-5-6-7-8-9-10-11-12-13-14-15-16-17-21(24)25-19-20(23)18-22;1-2-3-4-5-6-7-8-9-10-11-12-13-14-15-16-17-18(19)20;1-3(5)2-4/h9-10,20,22-23H,2-8,11-19H2,1H3;2-17H2,1H3,(H,19,20);3-5H,2H2,1H3. The molecule has 0 rings (SSSR count). The number of esters is 1. The van der Waals surface area contributed by atoms with Crippen molar-refractivity contribution in [2.24, 2.45) is 0 Å². The molecule has 50 heavy (non-hydrogen) atoms. The van der Waals surface area contributed by atoms with Crippen molar-refractivity contribution in [2.75, 3.05) is 19.8 Å². The van der Waals surface area contributed by atoms with E-state index in [1.807, 2.05) is 0 Å². The fourth-order valence-corrected chi connectivity index (χ4v) is 5.30. The summed E-state index contributed by atoms with van der Waals surface area (Å²) in [6.45, 7) is 5.43. The molecule has 0 heterocycles. The summed E-state index contributed by atoms with van der Waals surface area (Å²) in [6, 6.07) is 0. The van der Waals surface area contributed by atoms with Gasteiger partial charge in [-0.3, -0.25) is 9.59 Å². The van der Waals surface area contributed by atoms with Crippen molar-refractivity contribution in [3.05, 3.63) is 12.2 Å². The van der Waals surface area contributed by atoms with Crippen molar-refractivity contribution < 1.29 is 39.9 Å². The molecule has 2 unspecified atom stereocenters. The summed E-state index contributed by atoms with van der Waals surface area (Å²) in [5.41, 5.74) is 0. The number of hydrogen-bond donors (Lipinski definition) is 5. The fraction of sp³-hybridized carbons (Fsp3) is 0.905.